The molecule has 0 aliphatic carbocycles. The van der Waals surface area contributed by atoms with Crippen molar-refractivity contribution in [3.8, 4) is 0 Å². The van der Waals surface area contributed by atoms with Gasteiger partial charge in [0, 0.05) is 31.9 Å². The number of pyridine rings is 1. The van der Waals surface area contributed by atoms with Crippen molar-refractivity contribution in [1.82, 2.24) is 9.47 Å². The van der Waals surface area contributed by atoms with Crippen LogP contribution >= 0.6 is 0 Å². The predicted octanol–water partition coefficient (Wildman–Crippen LogP) is 2.25. The van der Waals surface area contributed by atoms with Crippen LogP contribution in [0.2, 0.25) is 0 Å². The van der Waals surface area contributed by atoms with Gasteiger partial charge in [-0.1, -0.05) is 12.1 Å². The number of aliphatic hydroxyl groups excluding tert-OH is 1. The summed E-state index contributed by atoms with van der Waals surface area (Å²) >= 11 is 0. The standard InChI is InChI=1S/C19H21FN2O3/c1-21-12-14(6-9-18(21)24)19(25)22-10-2-3-16(22)11-17(23)13-4-7-15(20)8-5-13/h4-9,12,16-17,23H,2-3,10-11H2,1H3. The van der Waals surface area contributed by atoms with E-state index in [4.69, 9.17) is 0 Å². The van der Waals surface area contributed by atoms with Gasteiger partial charge in [-0.15, -0.1) is 0 Å². The topological polar surface area (TPSA) is 62.5 Å². The van der Waals surface area contributed by atoms with Gasteiger partial charge in [0.15, 0.2) is 0 Å². The largest absolute Gasteiger partial charge is 0.388 e. The third-order valence-electron chi connectivity index (χ3n) is 4.72. The van der Waals surface area contributed by atoms with Crippen molar-refractivity contribution >= 4 is 5.91 Å². The molecular weight excluding hydrogens is 323 g/mol. The molecule has 1 aromatic heterocycles. The molecule has 0 radical (unpaired) electrons. The van der Waals surface area contributed by atoms with Crippen molar-refractivity contribution in [2.75, 3.05) is 6.54 Å². The molecule has 25 heavy (non-hydrogen) atoms. The van der Waals surface area contributed by atoms with E-state index in [1.165, 1.54) is 35.0 Å². The van der Waals surface area contributed by atoms with E-state index in [1.54, 1.807) is 24.1 Å². The van der Waals surface area contributed by atoms with Crippen molar-refractivity contribution in [3.63, 3.8) is 0 Å². The Kier molecular flexibility index (Phi) is 4.99. The van der Waals surface area contributed by atoms with Gasteiger partial charge in [-0.25, -0.2) is 4.39 Å². The Bertz CT molecular complexity index is 816. The van der Waals surface area contributed by atoms with Crippen molar-refractivity contribution in [2.45, 2.75) is 31.4 Å². The van der Waals surface area contributed by atoms with E-state index in [0.29, 0.717) is 24.1 Å². The molecule has 3 rings (SSSR count). The number of carbonyl (C=O) groups is 1. The summed E-state index contributed by atoms with van der Waals surface area (Å²) in [6.07, 6.45) is 2.88. The molecule has 132 valence electrons. The van der Waals surface area contributed by atoms with Gasteiger partial charge >= 0.3 is 0 Å². The number of nitrogens with zero attached hydrogens (tertiary/aromatic N) is 2. The molecule has 2 heterocycles. The second-order valence-electron chi connectivity index (χ2n) is 6.46. The summed E-state index contributed by atoms with van der Waals surface area (Å²) in [5, 5.41) is 10.4. The van der Waals surface area contributed by atoms with Crippen molar-refractivity contribution in [3.05, 3.63) is 69.9 Å². The summed E-state index contributed by atoms with van der Waals surface area (Å²) < 4.78 is 14.4. The molecule has 1 aliphatic rings. The average Bonchev–Trinajstić information content (AvgIpc) is 3.05. The zero-order valence-corrected chi connectivity index (χ0v) is 14.1. The van der Waals surface area contributed by atoms with Crippen LogP contribution in [0.3, 0.4) is 0 Å². The molecule has 0 saturated carbocycles. The van der Waals surface area contributed by atoms with Crippen LogP contribution in [0.5, 0.6) is 0 Å². The van der Waals surface area contributed by atoms with Gasteiger partial charge in [-0.05, 0) is 43.0 Å². The summed E-state index contributed by atoms with van der Waals surface area (Å²) in [6.45, 7) is 0.627. The summed E-state index contributed by atoms with van der Waals surface area (Å²) in [7, 11) is 1.61. The third-order valence-corrected chi connectivity index (χ3v) is 4.72. The lowest BCUT2D eigenvalue weighted by molar-refractivity contribution is 0.0666. The number of aryl methyl sites for hydroxylation is 1. The predicted molar refractivity (Wildman–Crippen MR) is 91.7 cm³/mol. The van der Waals surface area contributed by atoms with Crippen molar-refractivity contribution in [2.24, 2.45) is 7.05 Å². The summed E-state index contributed by atoms with van der Waals surface area (Å²) in [6, 6.07) is 8.61. The molecule has 6 heteroatoms. The highest BCUT2D eigenvalue weighted by molar-refractivity contribution is 5.94. The number of carbonyl (C=O) groups excluding carboxylic acids is 1. The van der Waals surface area contributed by atoms with Gasteiger partial charge < -0.3 is 14.6 Å². The molecular formula is C19H21FN2O3. The third kappa shape index (κ3) is 3.79. The van der Waals surface area contributed by atoms with Crippen LogP contribution in [0.4, 0.5) is 4.39 Å². The first kappa shape index (κ1) is 17.4. The van der Waals surface area contributed by atoms with Gasteiger partial charge in [-0.3, -0.25) is 9.59 Å². The minimum atomic E-state index is -0.751. The van der Waals surface area contributed by atoms with Crippen LogP contribution < -0.4 is 5.56 Å². The Morgan fingerprint density at radius 1 is 1.28 bits per heavy atom. The molecule has 1 fully saturated rings. The minimum Gasteiger partial charge on any atom is -0.388 e. The Morgan fingerprint density at radius 3 is 2.68 bits per heavy atom. The Hall–Kier alpha value is -2.47. The highest BCUT2D eigenvalue weighted by Gasteiger charge is 2.31. The van der Waals surface area contributed by atoms with Gasteiger partial charge in [0.2, 0.25) is 5.56 Å². The molecule has 1 aromatic carbocycles. The Balaban J connectivity index is 1.73. The van der Waals surface area contributed by atoms with E-state index < -0.39 is 6.10 Å². The number of aliphatic hydroxyl groups is 1. The fraction of sp³-hybridized carbons (Fsp3) is 0.368. The number of amides is 1. The number of likely N-dealkylation sites (tertiary alicyclic amines) is 1. The van der Waals surface area contributed by atoms with Crippen LogP contribution in [0, 0.1) is 5.82 Å². The van der Waals surface area contributed by atoms with Crippen LogP contribution in [-0.4, -0.2) is 33.1 Å². The molecule has 1 N–H and O–H groups in total. The maximum Gasteiger partial charge on any atom is 0.255 e. The van der Waals surface area contributed by atoms with Gasteiger partial charge in [0.25, 0.3) is 5.91 Å². The first-order valence-electron chi connectivity index (χ1n) is 8.37. The molecule has 0 bridgehead atoms. The molecule has 2 atom stereocenters. The molecule has 1 amide bonds. The first-order chi connectivity index (χ1) is 12.0. The number of hydrogen-bond acceptors (Lipinski definition) is 3. The van der Waals surface area contributed by atoms with Crippen LogP contribution in [-0.2, 0) is 7.05 Å². The molecule has 0 spiro atoms. The summed E-state index contributed by atoms with van der Waals surface area (Å²) in [4.78, 5) is 26.0. The molecule has 1 saturated heterocycles. The monoisotopic (exact) mass is 344 g/mol. The van der Waals surface area contributed by atoms with E-state index in [-0.39, 0.29) is 23.3 Å². The summed E-state index contributed by atoms with van der Waals surface area (Å²) in [5.74, 6) is -0.479. The number of halogens is 1. The maximum absolute atomic E-state index is 13.0. The smallest absolute Gasteiger partial charge is 0.255 e. The summed E-state index contributed by atoms with van der Waals surface area (Å²) in [5.41, 5.74) is 0.939. The molecule has 5 nitrogen and oxygen atoms in total. The average molecular weight is 344 g/mol. The van der Waals surface area contributed by atoms with E-state index in [0.717, 1.165) is 12.8 Å². The Morgan fingerprint density at radius 2 is 2.00 bits per heavy atom. The van der Waals surface area contributed by atoms with Crippen LogP contribution in [0.1, 0.15) is 41.3 Å². The highest BCUT2D eigenvalue weighted by atomic mass is 19.1. The zero-order valence-electron chi connectivity index (χ0n) is 14.1. The lowest BCUT2D eigenvalue weighted by Gasteiger charge is -2.27. The quantitative estimate of drug-likeness (QED) is 0.925. The van der Waals surface area contributed by atoms with Gasteiger partial charge in [0.1, 0.15) is 5.82 Å². The normalized spacial score (nSPS) is 18.4. The molecule has 1 aliphatic heterocycles. The minimum absolute atomic E-state index is 0.0789. The van der Waals surface area contributed by atoms with Crippen molar-refractivity contribution < 1.29 is 14.3 Å². The second-order valence-corrected chi connectivity index (χ2v) is 6.46. The lowest BCUT2D eigenvalue weighted by atomic mass is 10.00. The molecule has 2 unspecified atom stereocenters. The van der Waals surface area contributed by atoms with Crippen molar-refractivity contribution in [1.29, 1.82) is 0 Å². The zero-order chi connectivity index (χ0) is 18.0. The van der Waals surface area contributed by atoms with E-state index in [9.17, 15) is 19.1 Å². The SMILES string of the molecule is Cn1cc(C(=O)N2CCCC2CC(O)c2ccc(F)cc2)ccc1=O. The molecule has 2 aromatic rings. The van der Waals surface area contributed by atoms with Crippen LogP contribution in [0.25, 0.3) is 0 Å². The second kappa shape index (κ2) is 7.19. The number of hydrogen-bond donors (Lipinski definition) is 1. The van der Waals surface area contributed by atoms with Gasteiger partial charge in [0.05, 0.1) is 11.7 Å². The van der Waals surface area contributed by atoms with E-state index >= 15 is 0 Å². The highest BCUT2D eigenvalue weighted by Crippen LogP contribution is 2.28. The number of aromatic nitrogens is 1. The fourth-order valence-corrected chi connectivity index (χ4v) is 3.31. The van der Waals surface area contributed by atoms with E-state index in [1.807, 2.05) is 0 Å². The van der Waals surface area contributed by atoms with E-state index in [2.05, 4.69) is 0 Å². The lowest BCUT2D eigenvalue weighted by Crippen LogP contribution is -2.37. The number of benzene rings is 1. The maximum atomic E-state index is 13.0. The van der Waals surface area contributed by atoms with Gasteiger partial charge in [-0.2, -0.15) is 0 Å². The fourth-order valence-electron chi connectivity index (χ4n) is 3.31. The first-order valence-corrected chi connectivity index (χ1v) is 8.37. The van der Waals surface area contributed by atoms with Crippen LogP contribution in [0.15, 0.2) is 47.4 Å². The number of rotatable bonds is 4. The Labute approximate surface area is 145 Å².